The van der Waals surface area contributed by atoms with E-state index in [0.29, 0.717) is 33.9 Å². The molecule has 1 heterocycles. The number of rotatable bonds is 6. The van der Waals surface area contributed by atoms with Crippen LogP contribution in [0, 0.1) is 10.1 Å². The van der Waals surface area contributed by atoms with Crippen LogP contribution < -0.4 is 4.74 Å². The van der Waals surface area contributed by atoms with Crippen LogP contribution in [0.4, 0.5) is 23.7 Å². The number of imide groups is 1. The zero-order chi connectivity index (χ0) is 27.8. The van der Waals surface area contributed by atoms with E-state index in [0.717, 1.165) is 11.0 Å². The highest BCUT2D eigenvalue weighted by Crippen LogP contribution is 2.41. The molecule has 0 N–H and O–H groups in total. The van der Waals surface area contributed by atoms with E-state index in [1.807, 2.05) is 0 Å². The number of benzene rings is 3. The molecule has 14 heteroatoms. The lowest BCUT2D eigenvalue weighted by atomic mass is 10.1. The van der Waals surface area contributed by atoms with Gasteiger partial charge in [0.1, 0.15) is 5.75 Å². The molecule has 0 radical (unpaired) electrons. The Bertz CT molecular complexity index is 1500. The molecule has 4 rings (SSSR count). The average molecular weight is 648 g/mol. The summed E-state index contributed by atoms with van der Waals surface area (Å²) in [4.78, 5) is 37.1. The van der Waals surface area contributed by atoms with Crippen LogP contribution in [0.15, 0.2) is 64.0 Å². The van der Waals surface area contributed by atoms with Gasteiger partial charge in [-0.3, -0.25) is 24.6 Å². The fourth-order valence-corrected chi connectivity index (χ4v) is 5.11. The van der Waals surface area contributed by atoms with Gasteiger partial charge in [-0.25, -0.2) is 0 Å². The van der Waals surface area contributed by atoms with E-state index in [9.17, 15) is 32.9 Å². The summed E-state index contributed by atoms with van der Waals surface area (Å²) in [5.74, 6) is -1.08. The SMILES string of the molecule is O=C1S/C(=C/c2cc(Br)ccc2Oc2ccc(C(F)(F)F)cc2[N+](=O)[O-])C(=O)N1Cc1c(Cl)cccc1Cl. The highest BCUT2D eigenvalue weighted by atomic mass is 79.9. The van der Waals surface area contributed by atoms with E-state index < -0.39 is 39.2 Å². The molecule has 0 aliphatic carbocycles. The van der Waals surface area contributed by atoms with Crippen molar-refractivity contribution in [2.45, 2.75) is 12.7 Å². The summed E-state index contributed by atoms with van der Waals surface area (Å²) in [7, 11) is 0. The second kappa shape index (κ2) is 11.0. The van der Waals surface area contributed by atoms with Gasteiger partial charge in [0, 0.05) is 31.7 Å². The summed E-state index contributed by atoms with van der Waals surface area (Å²) in [6.07, 6.45) is -3.45. The molecule has 0 atom stereocenters. The third-order valence-corrected chi connectivity index (χ3v) is 7.32. The number of alkyl halides is 3. The van der Waals surface area contributed by atoms with Gasteiger partial charge in [0.25, 0.3) is 11.1 Å². The van der Waals surface area contributed by atoms with E-state index in [-0.39, 0.29) is 32.8 Å². The fraction of sp³-hybridized carbons (Fsp3) is 0.0833. The number of hydrogen-bond acceptors (Lipinski definition) is 6. The molecule has 2 amide bonds. The van der Waals surface area contributed by atoms with E-state index in [2.05, 4.69) is 15.9 Å². The van der Waals surface area contributed by atoms with Gasteiger partial charge in [-0.1, -0.05) is 45.2 Å². The quantitative estimate of drug-likeness (QED) is 0.151. The predicted octanol–water partition coefficient (Wildman–Crippen LogP) is 8.71. The van der Waals surface area contributed by atoms with Crippen molar-refractivity contribution in [3.8, 4) is 11.5 Å². The van der Waals surface area contributed by atoms with E-state index >= 15 is 0 Å². The van der Waals surface area contributed by atoms with Crippen LogP contribution in [0.25, 0.3) is 6.08 Å². The number of ether oxygens (including phenoxy) is 1. The molecule has 1 fully saturated rings. The summed E-state index contributed by atoms with van der Waals surface area (Å²) >= 11 is 16.3. The minimum absolute atomic E-state index is 0.00277. The molecule has 3 aromatic rings. The van der Waals surface area contributed by atoms with E-state index in [1.165, 1.54) is 24.3 Å². The van der Waals surface area contributed by atoms with Crippen LogP contribution in [-0.4, -0.2) is 21.0 Å². The summed E-state index contributed by atoms with van der Waals surface area (Å²) in [6.45, 7) is -0.167. The number of carbonyl (C=O) groups is 2. The van der Waals surface area contributed by atoms with Crippen LogP contribution in [0.3, 0.4) is 0 Å². The molecule has 3 aromatic carbocycles. The monoisotopic (exact) mass is 646 g/mol. The third-order valence-electron chi connectivity index (χ3n) is 5.21. The lowest BCUT2D eigenvalue weighted by Crippen LogP contribution is -2.27. The van der Waals surface area contributed by atoms with Crippen LogP contribution in [0.2, 0.25) is 10.0 Å². The number of amides is 2. The number of thioether (sulfide) groups is 1. The average Bonchev–Trinajstić information content (AvgIpc) is 3.09. The summed E-state index contributed by atoms with van der Waals surface area (Å²) < 4.78 is 45.3. The molecule has 0 unspecified atom stereocenters. The van der Waals surface area contributed by atoms with E-state index in [4.69, 9.17) is 27.9 Å². The van der Waals surface area contributed by atoms with Crippen molar-refractivity contribution in [3.05, 3.63) is 101 Å². The topological polar surface area (TPSA) is 89.7 Å². The molecule has 7 nitrogen and oxygen atoms in total. The highest BCUT2D eigenvalue weighted by molar-refractivity contribution is 9.10. The van der Waals surface area contributed by atoms with Crippen LogP contribution in [0.5, 0.6) is 11.5 Å². The largest absolute Gasteiger partial charge is 0.449 e. The Morgan fingerprint density at radius 3 is 2.34 bits per heavy atom. The zero-order valence-corrected chi connectivity index (χ0v) is 22.5. The van der Waals surface area contributed by atoms with Gasteiger partial charge < -0.3 is 4.74 Å². The molecule has 0 bridgehead atoms. The Morgan fingerprint density at radius 2 is 1.71 bits per heavy atom. The predicted molar refractivity (Wildman–Crippen MR) is 140 cm³/mol. The van der Waals surface area contributed by atoms with Crippen LogP contribution >= 0.6 is 50.9 Å². The first kappa shape index (κ1) is 28.0. The molecular weight excluding hydrogens is 636 g/mol. The summed E-state index contributed by atoms with van der Waals surface area (Å²) in [5.41, 5.74) is -1.49. The standard InChI is InChI=1S/C24H12BrCl2F3N2O5S/c25-14-5-7-19(37-20-6-4-13(24(28,29)30)10-18(20)32(35)36)12(8-14)9-21-22(33)31(23(34)38-21)11-15-16(26)2-1-3-17(15)27/h1-10H,11H2/b21-9+. The van der Waals surface area contributed by atoms with Crippen molar-refractivity contribution in [1.82, 2.24) is 4.90 Å². The lowest BCUT2D eigenvalue weighted by molar-refractivity contribution is -0.385. The van der Waals surface area contributed by atoms with Gasteiger partial charge in [-0.15, -0.1) is 0 Å². The van der Waals surface area contributed by atoms with Gasteiger partial charge in [0.05, 0.1) is 21.9 Å². The van der Waals surface area contributed by atoms with Crippen molar-refractivity contribution in [2.75, 3.05) is 0 Å². The first-order valence-corrected chi connectivity index (χ1v) is 12.7. The van der Waals surface area contributed by atoms with Gasteiger partial charge in [0.2, 0.25) is 5.75 Å². The second-order valence-electron chi connectivity index (χ2n) is 7.69. The highest BCUT2D eigenvalue weighted by Gasteiger charge is 2.36. The van der Waals surface area contributed by atoms with Crippen molar-refractivity contribution >= 4 is 73.8 Å². The van der Waals surface area contributed by atoms with Gasteiger partial charge >= 0.3 is 11.9 Å². The molecule has 1 aliphatic rings. The molecule has 38 heavy (non-hydrogen) atoms. The minimum atomic E-state index is -4.79. The Balaban J connectivity index is 1.67. The summed E-state index contributed by atoms with van der Waals surface area (Å²) in [5, 5.41) is 11.4. The van der Waals surface area contributed by atoms with Gasteiger partial charge in [-0.05, 0) is 60.3 Å². The second-order valence-corrected chi connectivity index (χ2v) is 10.4. The normalized spacial score (nSPS) is 14.9. The maximum atomic E-state index is 13.1. The maximum absolute atomic E-state index is 13.1. The number of hydrogen-bond donors (Lipinski definition) is 0. The molecule has 0 spiro atoms. The Kier molecular flexibility index (Phi) is 8.07. The van der Waals surface area contributed by atoms with E-state index in [1.54, 1.807) is 18.2 Å². The van der Waals surface area contributed by atoms with Gasteiger partial charge in [0.15, 0.2) is 0 Å². The molecule has 0 aromatic heterocycles. The summed E-state index contributed by atoms with van der Waals surface area (Å²) in [6, 6.07) is 11.1. The minimum Gasteiger partial charge on any atom is -0.449 e. The van der Waals surface area contributed by atoms with Crippen molar-refractivity contribution in [3.63, 3.8) is 0 Å². The van der Waals surface area contributed by atoms with Crippen LogP contribution in [0.1, 0.15) is 16.7 Å². The first-order valence-electron chi connectivity index (χ1n) is 10.4. The molecule has 1 saturated heterocycles. The Morgan fingerprint density at radius 1 is 1.05 bits per heavy atom. The van der Waals surface area contributed by atoms with Crippen molar-refractivity contribution in [2.24, 2.45) is 0 Å². The number of nitro benzene ring substituents is 1. The molecular formula is C24H12BrCl2F3N2O5S. The lowest BCUT2D eigenvalue weighted by Gasteiger charge is -2.15. The smallest absolute Gasteiger partial charge is 0.416 e. The zero-order valence-electron chi connectivity index (χ0n) is 18.6. The fourth-order valence-electron chi connectivity index (χ4n) is 3.39. The molecule has 196 valence electrons. The maximum Gasteiger partial charge on any atom is 0.416 e. The van der Waals surface area contributed by atoms with Crippen LogP contribution in [-0.2, 0) is 17.5 Å². The number of carbonyl (C=O) groups excluding carboxylic acids is 2. The number of nitrogens with zero attached hydrogens (tertiary/aromatic N) is 2. The number of nitro groups is 1. The number of halogens is 6. The first-order chi connectivity index (χ1) is 17.8. The third kappa shape index (κ3) is 5.98. The Hall–Kier alpha value is -3.06. The van der Waals surface area contributed by atoms with Crippen molar-refractivity contribution in [1.29, 1.82) is 0 Å². The Labute approximate surface area is 235 Å². The molecule has 0 saturated carbocycles. The van der Waals surface area contributed by atoms with Gasteiger partial charge in [-0.2, -0.15) is 13.2 Å². The molecule has 1 aliphatic heterocycles. The van der Waals surface area contributed by atoms with Crippen molar-refractivity contribution < 1.29 is 32.4 Å².